The summed E-state index contributed by atoms with van der Waals surface area (Å²) in [4.78, 5) is 0.253. The molecule has 1 rings (SSSR count). The van der Waals surface area contributed by atoms with Crippen molar-refractivity contribution in [3.8, 4) is 0 Å². The van der Waals surface area contributed by atoms with Crippen LogP contribution in [-0.4, -0.2) is 19.6 Å². The molecule has 4 heteroatoms. The predicted molar refractivity (Wildman–Crippen MR) is 68.4 cm³/mol. The van der Waals surface area contributed by atoms with Crippen LogP contribution in [-0.2, 0) is 9.84 Å². The van der Waals surface area contributed by atoms with E-state index in [0.29, 0.717) is 6.42 Å². The van der Waals surface area contributed by atoms with Gasteiger partial charge in [-0.05, 0) is 31.6 Å². The Balaban J connectivity index is 2.85. The molecule has 0 heterocycles. The van der Waals surface area contributed by atoms with Gasteiger partial charge in [-0.2, -0.15) is 0 Å². The van der Waals surface area contributed by atoms with E-state index in [2.05, 4.69) is 0 Å². The highest BCUT2D eigenvalue weighted by Crippen LogP contribution is 2.13. The van der Waals surface area contributed by atoms with Gasteiger partial charge in [0.15, 0.2) is 9.84 Å². The van der Waals surface area contributed by atoms with E-state index in [-0.39, 0.29) is 4.90 Å². The van der Waals surface area contributed by atoms with Crippen molar-refractivity contribution in [2.24, 2.45) is 0 Å². The quantitative estimate of drug-likeness (QED) is 0.878. The van der Waals surface area contributed by atoms with Crippen LogP contribution in [0.1, 0.15) is 25.3 Å². The minimum absolute atomic E-state index is 0.253. The summed E-state index contributed by atoms with van der Waals surface area (Å²) >= 11 is 0. The number of benzene rings is 1. The summed E-state index contributed by atoms with van der Waals surface area (Å²) in [6.07, 6.45) is 2.02. The lowest BCUT2D eigenvalue weighted by molar-refractivity contribution is 0.212. The van der Waals surface area contributed by atoms with Gasteiger partial charge in [-0.25, -0.2) is 8.42 Å². The molecule has 1 N–H and O–H groups in total. The lowest BCUT2D eigenvalue weighted by Gasteiger charge is -2.03. The van der Waals surface area contributed by atoms with Crippen molar-refractivity contribution in [2.45, 2.75) is 37.7 Å². The average Bonchev–Trinajstić information content (AvgIpc) is 2.28. The highest BCUT2D eigenvalue weighted by atomic mass is 32.2. The molecule has 1 aromatic rings. The fourth-order valence-corrected chi connectivity index (χ4v) is 2.45. The van der Waals surface area contributed by atoms with Gasteiger partial charge in [-0.1, -0.05) is 31.0 Å². The molecule has 0 unspecified atom stereocenters. The molecular formula is C13H18O3S. The first kappa shape index (κ1) is 13.9. The largest absolute Gasteiger partial charge is 0.389 e. The molecule has 0 radical (unpaired) electrons. The molecule has 0 aromatic heterocycles. The third kappa shape index (κ3) is 4.32. The Morgan fingerprint density at radius 3 is 2.41 bits per heavy atom. The Hall–Kier alpha value is -1.13. The van der Waals surface area contributed by atoms with Gasteiger partial charge < -0.3 is 5.11 Å². The van der Waals surface area contributed by atoms with E-state index >= 15 is 0 Å². The molecule has 0 aliphatic rings. The van der Waals surface area contributed by atoms with E-state index in [9.17, 15) is 13.5 Å². The second kappa shape index (κ2) is 5.98. The van der Waals surface area contributed by atoms with Crippen LogP contribution in [0.4, 0.5) is 0 Å². The van der Waals surface area contributed by atoms with E-state index in [1.165, 1.54) is 6.08 Å². The van der Waals surface area contributed by atoms with Crippen molar-refractivity contribution in [3.05, 3.63) is 41.3 Å². The summed E-state index contributed by atoms with van der Waals surface area (Å²) in [6, 6.07) is 6.65. The highest BCUT2D eigenvalue weighted by Gasteiger charge is 2.10. The molecule has 1 atom stereocenters. The van der Waals surface area contributed by atoms with E-state index in [4.69, 9.17) is 0 Å². The summed E-state index contributed by atoms with van der Waals surface area (Å²) in [7, 11) is -3.43. The molecule has 0 bridgehead atoms. The second-order valence-electron chi connectivity index (χ2n) is 4.04. The number of aliphatic hydroxyl groups is 1. The minimum Gasteiger partial charge on any atom is -0.389 e. The van der Waals surface area contributed by atoms with Gasteiger partial charge in [0.05, 0.1) is 11.0 Å². The Morgan fingerprint density at radius 1 is 1.29 bits per heavy atom. The molecule has 0 spiro atoms. The van der Waals surface area contributed by atoms with Gasteiger partial charge in [0.2, 0.25) is 0 Å². The molecule has 3 nitrogen and oxygen atoms in total. The van der Waals surface area contributed by atoms with E-state index in [1.807, 2.05) is 13.8 Å². The molecule has 0 amide bonds. The maximum Gasteiger partial charge on any atom is 0.199 e. The maximum atomic E-state index is 11.9. The number of rotatable bonds is 5. The van der Waals surface area contributed by atoms with Gasteiger partial charge in [-0.3, -0.25) is 0 Å². The van der Waals surface area contributed by atoms with Crippen molar-refractivity contribution in [1.29, 1.82) is 0 Å². The fourth-order valence-electron chi connectivity index (χ4n) is 1.39. The van der Waals surface area contributed by atoms with Crippen molar-refractivity contribution in [1.82, 2.24) is 0 Å². The Kier molecular flexibility index (Phi) is 4.90. The van der Waals surface area contributed by atoms with E-state index < -0.39 is 15.9 Å². The molecule has 0 saturated heterocycles. The molecular weight excluding hydrogens is 236 g/mol. The van der Waals surface area contributed by atoms with Crippen LogP contribution in [0.2, 0.25) is 0 Å². The standard InChI is InChI=1S/C13H18O3S/c1-3-4-12(14)9-10-17(15,16)13-7-5-11(2)6-8-13/h5-10,12,14H,3-4H2,1-2H3/b10-9+/t12-/m0/s1. The van der Waals surface area contributed by atoms with Crippen LogP contribution in [0.3, 0.4) is 0 Å². The topological polar surface area (TPSA) is 54.4 Å². The van der Waals surface area contributed by atoms with Gasteiger partial charge in [0.1, 0.15) is 0 Å². The zero-order valence-corrected chi connectivity index (χ0v) is 10.9. The lowest BCUT2D eigenvalue weighted by Crippen LogP contribution is -2.03. The number of aliphatic hydroxyl groups excluding tert-OH is 1. The highest BCUT2D eigenvalue weighted by molar-refractivity contribution is 7.94. The van der Waals surface area contributed by atoms with Gasteiger partial charge in [-0.15, -0.1) is 0 Å². The van der Waals surface area contributed by atoms with Crippen molar-refractivity contribution in [3.63, 3.8) is 0 Å². The first-order valence-corrected chi connectivity index (χ1v) is 7.18. The maximum absolute atomic E-state index is 11.9. The molecule has 0 aliphatic heterocycles. The number of hydrogen-bond acceptors (Lipinski definition) is 3. The predicted octanol–water partition coefficient (Wildman–Crippen LogP) is 2.44. The first-order valence-electron chi connectivity index (χ1n) is 5.63. The van der Waals surface area contributed by atoms with Crippen LogP contribution in [0.15, 0.2) is 40.6 Å². The number of aryl methyl sites for hydroxylation is 1. The van der Waals surface area contributed by atoms with Crippen molar-refractivity contribution < 1.29 is 13.5 Å². The molecule has 0 fully saturated rings. The zero-order valence-electron chi connectivity index (χ0n) is 10.1. The normalized spacial score (nSPS) is 14.1. The zero-order chi connectivity index (χ0) is 12.9. The summed E-state index contributed by atoms with van der Waals surface area (Å²) in [6.45, 7) is 3.84. The SMILES string of the molecule is CCC[C@H](O)/C=C/S(=O)(=O)c1ccc(C)cc1. The van der Waals surface area contributed by atoms with Crippen LogP contribution in [0.5, 0.6) is 0 Å². The van der Waals surface area contributed by atoms with Gasteiger partial charge in [0.25, 0.3) is 0 Å². The van der Waals surface area contributed by atoms with Crippen LogP contribution >= 0.6 is 0 Å². The average molecular weight is 254 g/mol. The third-order valence-electron chi connectivity index (χ3n) is 2.41. The summed E-state index contributed by atoms with van der Waals surface area (Å²) in [5.41, 5.74) is 1.01. The fraction of sp³-hybridized carbons (Fsp3) is 0.385. The number of sulfone groups is 1. The van der Waals surface area contributed by atoms with Gasteiger partial charge >= 0.3 is 0 Å². The Morgan fingerprint density at radius 2 is 1.88 bits per heavy atom. The van der Waals surface area contributed by atoms with E-state index in [0.717, 1.165) is 17.4 Å². The molecule has 0 aliphatic carbocycles. The molecule has 0 saturated carbocycles. The van der Waals surface area contributed by atoms with Crippen LogP contribution in [0.25, 0.3) is 0 Å². The minimum atomic E-state index is -3.43. The van der Waals surface area contributed by atoms with Crippen LogP contribution < -0.4 is 0 Å². The lowest BCUT2D eigenvalue weighted by atomic mass is 10.2. The molecule has 17 heavy (non-hydrogen) atoms. The smallest absolute Gasteiger partial charge is 0.199 e. The number of hydrogen-bond donors (Lipinski definition) is 1. The van der Waals surface area contributed by atoms with Crippen molar-refractivity contribution in [2.75, 3.05) is 0 Å². The summed E-state index contributed by atoms with van der Waals surface area (Å²) in [5, 5.41) is 10.5. The van der Waals surface area contributed by atoms with Gasteiger partial charge in [0, 0.05) is 5.41 Å². The summed E-state index contributed by atoms with van der Waals surface area (Å²) in [5.74, 6) is 0. The third-order valence-corrected chi connectivity index (χ3v) is 3.86. The Labute approximate surface area is 103 Å². The monoisotopic (exact) mass is 254 g/mol. The summed E-state index contributed by atoms with van der Waals surface area (Å²) < 4.78 is 23.7. The molecule has 94 valence electrons. The Bertz CT molecular complexity index is 472. The molecule has 1 aromatic carbocycles. The van der Waals surface area contributed by atoms with Crippen LogP contribution in [0, 0.1) is 6.92 Å². The second-order valence-corrected chi connectivity index (χ2v) is 5.88. The first-order chi connectivity index (χ1) is 7.95. The van der Waals surface area contributed by atoms with Crippen molar-refractivity contribution >= 4 is 9.84 Å². The van der Waals surface area contributed by atoms with E-state index in [1.54, 1.807) is 24.3 Å².